The third-order valence-electron chi connectivity index (χ3n) is 6.56. The second kappa shape index (κ2) is 8.39. The molecule has 6 heteroatoms. The molecule has 1 aromatic carbocycles. The molecule has 3 fully saturated rings. The molecule has 0 saturated carbocycles. The van der Waals surface area contributed by atoms with E-state index < -0.39 is 0 Å². The van der Waals surface area contributed by atoms with Gasteiger partial charge in [-0.25, -0.2) is 0 Å². The Morgan fingerprint density at radius 2 is 2.00 bits per heavy atom. The summed E-state index contributed by atoms with van der Waals surface area (Å²) in [6, 6.07) is 7.79. The zero-order chi connectivity index (χ0) is 19.6. The van der Waals surface area contributed by atoms with E-state index >= 15 is 0 Å². The molecule has 1 aromatic rings. The molecule has 0 radical (unpaired) electrons. The number of ether oxygens (including phenoxy) is 2. The molecule has 3 aliphatic heterocycles. The van der Waals surface area contributed by atoms with Gasteiger partial charge in [-0.3, -0.25) is 9.69 Å². The van der Waals surface area contributed by atoms with E-state index in [9.17, 15) is 9.90 Å². The second-order valence-corrected chi connectivity index (χ2v) is 8.82. The maximum absolute atomic E-state index is 12.5. The summed E-state index contributed by atoms with van der Waals surface area (Å²) in [4.78, 5) is 16.8. The van der Waals surface area contributed by atoms with Crippen LogP contribution >= 0.6 is 0 Å². The molecule has 3 saturated heterocycles. The Balaban J connectivity index is 1.21. The summed E-state index contributed by atoms with van der Waals surface area (Å²) in [6.07, 6.45) is 4.04. The molecule has 0 aliphatic carbocycles. The van der Waals surface area contributed by atoms with Crippen LogP contribution < -0.4 is 4.74 Å². The van der Waals surface area contributed by atoms with Crippen molar-refractivity contribution in [2.45, 2.75) is 44.8 Å². The summed E-state index contributed by atoms with van der Waals surface area (Å²) in [7, 11) is 0. The molecule has 1 N–H and O–H groups in total. The minimum atomic E-state index is -0.174. The highest BCUT2D eigenvalue weighted by molar-refractivity contribution is 5.77. The zero-order valence-corrected chi connectivity index (χ0v) is 16.8. The Hall–Kier alpha value is -1.63. The first-order chi connectivity index (χ1) is 13.5. The van der Waals surface area contributed by atoms with E-state index in [0.717, 1.165) is 70.8 Å². The van der Waals surface area contributed by atoms with Crippen LogP contribution in [0.25, 0.3) is 0 Å². The van der Waals surface area contributed by atoms with Crippen molar-refractivity contribution in [2.24, 2.45) is 5.41 Å². The molecule has 0 aromatic heterocycles. The average Bonchev–Trinajstić information content (AvgIpc) is 3.28. The van der Waals surface area contributed by atoms with Crippen molar-refractivity contribution < 1.29 is 19.4 Å². The Morgan fingerprint density at radius 3 is 2.68 bits per heavy atom. The number of aliphatic hydroxyl groups is 1. The van der Waals surface area contributed by atoms with E-state index in [1.807, 2.05) is 36.1 Å². The highest BCUT2D eigenvalue weighted by Gasteiger charge is 2.43. The molecular formula is C22H32N2O4. The number of nitrogens with zero attached hydrogens (tertiary/aromatic N) is 2. The number of β-amino-alcohol motifs (C(OH)–C–C–N with tert-alkyl or cyclic N) is 1. The summed E-state index contributed by atoms with van der Waals surface area (Å²) >= 11 is 0. The molecule has 2 atom stereocenters. The normalized spacial score (nSPS) is 27.4. The molecule has 6 nitrogen and oxygen atoms in total. The molecule has 0 bridgehead atoms. The van der Waals surface area contributed by atoms with E-state index in [-0.39, 0.29) is 30.1 Å². The van der Waals surface area contributed by atoms with Crippen LogP contribution in [0.3, 0.4) is 0 Å². The van der Waals surface area contributed by atoms with Crippen molar-refractivity contribution >= 4 is 5.91 Å². The summed E-state index contributed by atoms with van der Waals surface area (Å²) in [5.41, 5.74) is 1.40. The topological polar surface area (TPSA) is 62.2 Å². The van der Waals surface area contributed by atoms with Crippen molar-refractivity contribution in [3.63, 3.8) is 0 Å². The minimum Gasteiger partial charge on any atom is -0.484 e. The number of amides is 1. The summed E-state index contributed by atoms with van der Waals surface area (Å²) in [5.74, 6) is 0.809. The van der Waals surface area contributed by atoms with Crippen LogP contribution in [0.4, 0.5) is 0 Å². The van der Waals surface area contributed by atoms with Crippen molar-refractivity contribution in [2.75, 3.05) is 45.9 Å². The predicted molar refractivity (Wildman–Crippen MR) is 106 cm³/mol. The molecule has 3 heterocycles. The second-order valence-electron chi connectivity index (χ2n) is 8.82. The Kier molecular flexibility index (Phi) is 5.90. The van der Waals surface area contributed by atoms with E-state index in [4.69, 9.17) is 9.47 Å². The maximum atomic E-state index is 12.5. The first-order valence-corrected chi connectivity index (χ1v) is 10.5. The Labute approximate surface area is 167 Å². The summed E-state index contributed by atoms with van der Waals surface area (Å²) < 4.78 is 11.8. The number of aliphatic hydroxyl groups excluding tert-OH is 1. The lowest BCUT2D eigenvalue weighted by molar-refractivity contribution is -0.135. The smallest absolute Gasteiger partial charge is 0.260 e. The maximum Gasteiger partial charge on any atom is 0.260 e. The van der Waals surface area contributed by atoms with Crippen molar-refractivity contribution in [3.05, 3.63) is 29.8 Å². The summed E-state index contributed by atoms with van der Waals surface area (Å²) in [5, 5.41) is 9.70. The van der Waals surface area contributed by atoms with Crippen LogP contribution in [0.2, 0.25) is 0 Å². The fourth-order valence-electron chi connectivity index (χ4n) is 4.73. The predicted octanol–water partition coefficient (Wildman–Crippen LogP) is 1.84. The number of carbonyl (C=O) groups excluding carboxylic acids is 1. The van der Waals surface area contributed by atoms with Crippen molar-refractivity contribution in [1.82, 2.24) is 9.80 Å². The number of hydrogen-bond acceptors (Lipinski definition) is 5. The van der Waals surface area contributed by atoms with Gasteiger partial charge in [-0.15, -0.1) is 0 Å². The molecule has 1 spiro atoms. The van der Waals surface area contributed by atoms with Crippen LogP contribution in [-0.4, -0.2) is 79.0 Å². The number of likely N-dealkylation sites (tertiary alicyclic amines) is 2. The van der Waals surface area contributed by atoms with Crippen molar-refractivity contribution in [3.8, 4) is 5.75 Å². The Bertz CT molecular complexity index is 670. The molecular weight excluding hydrogens is 356 g/mol. The van der Waals surface area contributed by atoms with Gasteiger partial charge in [0.25, 0.3) is 5.91 Å². The standard InChI is InChI=1S/C22H32N2O4/c1-17-2-4-19(5-3-17)27-15-21(26)24-10-7-22(8-11-24)12-20(28-16-22)14-23-9-6-18(25)13-23/h2-5,18,20,25H,6-16H2,1H3/t18-,20+/m0/s1. The van der Waals surface area contributed by atoms with Crippen molar-refractivity contribution in [1.29, 1.82) is 0 Å². The van der Waals surface area contributed by atoms with Gasteiger partial charge in [-0.2, -0.15) is 0 Å². The first-order valence-electron chi connectivity index (χ1n) is 10.5. The molecule has 4 rings (SSSR count). The number of hydrogen-bond donors (Lipinski definition) is 1. The third-order valence-corrected chi connectivity index (χ3v) is 6.56. The SMILES string of the molecule is Cc1ccc(OCC(=O)N2CCC3(CC2)CO[C@@H](CN2CC[C@H](O)C2)C3)cc1. The van der Waals surface area contributed by atoms with Crippen LogP contribution in [0.15, 0.2) is 24.3 Å². The van der Waals surface area contributed by atoms with Gasteiger partial charge in [0.15, 0.2) is 6.61 Å². The fourth-order valence-corrected chi connectivity index (χ4v) is 4.73. The molecule has 154 valence electrons. The van der Waals surface area contributed by atoms with E-state index in [1.165, 1.54) is 5.56 Å². The fraction of sp³-hybridized carbons (Fsp3) is 0.682. The largest absolute Gasteiger partial charge is 0.484 e. The zero-order valence-electron chi connectivity index (χ0n) is 16.8. The third kappa shape index (κ3) is 4.67. The quantitative estimate of drug-likeness (QED) is 0.834. The molecule has 3 aliphatic rings. The highest BCUT2D eigenvalue weighted by Crippen LogP contribution is 2.42. The first kappa shape index (κ1) is 19.7. The van der Waals surface area contributed by atoms with Gasteiger partial charge in [0.05, 0.1) is 18.8 Å². The van der Waals surface area contributed by atoms with Crippen LogP contribution in [0, 0.1) is 12.3 Å². The van der Waals surface area contributed by atoms with Gasteiger partial charge in [0.1, 0.15) is 5.75 Å². The van der Waals surface area contributed by atoms with Gasteiger partial charge < -0.3 is 19.5 Å². The van der Waals surface area contributed by atoms with Crippen LogP contribution in [0.5, 0.6) is 5.75 Å². The lowest BCUT2D eigenvalue weighted by atomic mass is 9.76. The van der Waals surface area contributed by atoms with E-state index in [0.29, 0.717) is 0 Å². The number of aryl methyl sites for hydroxylation is 1. The molecule has 0 unspecified atom stereocenters. The van der Waals surface area contributed by atoms with Gasteiger partial charge in [0.2, 0.25) is 0 Å². The lowest BCUT2D eigenvalue weighted by Crippen LogP contribution is -2.45. The minimum absolute atomic E-state index is 0.0666. The Morgan fingerprint density at radius 1 is 1.25 bits per heavy atom. The monoisotopic (exact) mass is 388 g/mol. The van der Waals surface area contributed by atoms with Gasteiger partial charge in [-0.05, 0) is 50.2 Å². The van der Waals surface area contributed by atoms with Crippen LogP contribution in [0.1, 0.15) is 31.2 Å². The lowest BCUT2D eigenvalue weighted by Gasteiger charge is -2.38. The summed E-state index contributed by atoms with van der Waals surface area (Å²) in [6.45, 7) is 7.18. The average molecular weight is 389 g/mol. The van der Waals surface area contributed by atoms with Crippen LogP contribution in [-0.2, 0) is 9.53 Å². The van der Waals surface area contributed by atoms with E-state index in [1.54, 1.807) is 0 Å². The van der Waals surface area contributed by atoms with Gasteiger partial charge >= 0.3 is 0 Å². The van der Waals surface area contributed by atoms with E-state index in [2.05, 4.69) is 4.90 Å². The number of benzene rings is 1. The van der Waals surface area contributed by atoms with Gasteiger partial charge in [0, 0.05) is 32.7 Å². The molecule has 1 amide bonds. The number of piperidine rings is 1. The number of rotatable bonds is 5. The highest BCUT2D eigenvalue weighted by atomic mass is 16.5. The molecule has 28 heavy (non-hydrogen) atoms. The van der Waals surface area contributed by atoms with Gasteiger partial charge in [-0.1, -0.05) is 17.7 Å². The number of carbonyl (C=O) groups is 1.